The number of nitrogens with zero attached hydrogens (tertiary/aromatic N) is 5. The Labute approximate surface area is 157 Å². The van der Waals surface area contributed by atoms with Crippen molar-refractivity contribution in [2.24, 2.45) is 7.05 Å². The van der Waals surface area contributed by atoms with Gasteiger partial charge in [0.05, 0.1) is 4.75 Å². The number of aromatic nitrogens is 4. The second-order valence-electron chi connectivity index (χ2n) is 6.42. The van der Waals surface area contributed by atoms with Crippen molar-refractivity contribution in [2.75, 3.05) is 11.9 Å². The van der Waals surface area contributed by atoms with Crippen LogP contribution in [0.1, 0.15) is 13.8 Å². The van der Waals surface area contributed by atoms with E-state index in [2.05, 4.69) is 15.2 Å². The van der Waals surface area contributed by atoms with Crippen molar-refractivity contribution in [2.45, 2.75) is 23.8 Å². The maximum atomic E-state index is 13.0. The molecule has 2 heterocycles. The minimum atomic E-state index is -0.697. The van der Waals surface area contributed by atoms with Crippen molar-refractivity contribution < 1.29 is 4.79 Å². The number of hydrogen-bond donors (Lipinski definition) is 0. The molecule has 0 saturated carbocycles. The van der Waals surface area contributed by atoms with E-state index in [-0.39, 0.29) is 5.91 Å². The molecule has 0 saturated heterocycles. The summed E-state index contributed by atoms with van der Waals surface area (Å²) in [6.45, 7) is 3.80. The summed E-state index contributed by atoms with van der Waals surface area (Å²) in [5.74, 6) is 0.722. The Morgan fingerprint density at radius 1 is 1.12 bits per heavy atom. The van der Waals surface area contributed by atoms with Crippen molar-refractivity contribution in [3.05, 3.63) is 54.9 Å². The molecule has 1 aromatic carbocycles. The highest BCUT2D eigenvalue weighted by Gasteiger charge is 2.34. The van der Waals surface area contributed by atoms with Gasteiger partial charge in [-0.15, -0.1) is 10.2 Å². The van der Waals surface area contributed by atoms with Gasteiger partial charge in [0.2, 0.25) is 5.91 Å². The first-order valence-electron chi connectivity index (χ1n) is 8.22. The van der Waals surface area contributed by atoms with Crippen LogP contribution in [-0.2, 0) is 11.8 Å². The summed E-state index contributed by atoms with van der Waals surface area (Å²) in [6, 6.07) is 13.4. The second-order valence-corrected chi connectivity index (χ2v) is 8.01. The molecular weight excluding hydrogens is 346 g/mol. The monoisotopic (exact) mass is 367 g/mol. The van der Waals surface area contributed by atoms with Gasteiger partial charge in [0.15, 0.2) is 11.0 Å². The topological polar surface area (TPSA) is 63.9 Å². The largest absolute Gasteiger partial charge is 0.314 e. The van der Waals surface area contributed by atoms with E-state index in [0.717, 1.165) is 17.1 Å². The first kappa shape index (κ1) is 18.1. The van der Waals surface area contributed by atoms with Crippen LogP contribution in [0.25, 0.3) is 11.4 Å². The fourth-order valence-corrected chi connectivity index (χ4v) is 3.58. The van der Waals surface area contributed by atoms with Crippen LogP contribution >= 0.6 is 11.8 Å². The molecule has 0 radical (unpaired) electrons. The average Bonchev–Trinajstić information content (AvgIpc) is 3.01. The second kappa shape index (κ2) is 7.29. The Morgan fingerprint density at radius 2 is 1.85 bits per heavy atom. The number of rotatable bonds is 5. The van der Waals surface area contributed by atoms with Crippen LogP contribution in [0.15, 0.2) is 60.0 Å². The van der Waals surface area contributed by atoms with Gasteiger partial charge in [0, 0.05) is 37.7 Å². The summed E-state index contributed by atoms with van der Waals surface area (Å²) in [6.07, 6.45) is 3.47. The fourth-order valence-electron chi connectivity index (χ4n) is 2.59. The first-order chi connectivity index (χ1) is 12.4. The summed E-state index contributed by atoms with van der Waals surface area (Å²) in [4.78, 5) is 18.8. The highest BCUT2D eigenvalue weighted by atomic mass is 32.2. The van der Waals surface area contributed by atoms with Gasteiger partial charge in [-0.05, 0) is 38.1 Å². The van der Waals surface area contributed by atoms with Gasteiger partial charge in [-0.2, -0.15) is 0 Å². The summed E-state index contributed by atoms with van der Waals surface area (Å²) in [7, 11) is 3.68. The van der Waals surface area contributed by atoms with Crippen LogP contribution in [-0.4, -0.2) is 37.5 Å². The van der Waals surface area contributed by atoms with E-state index in [1.54, 1.807) is 24.3 Å². The van der Waals surface area contributed by atoms with Gasteiger partial charge in [0.1, 0.15) is 0 Å². The summed E-state index contributed by atoms with van der Waals surface area (Å²) in [5.41, 5.74) is 1.75. The third-order valence-corrected chi connectivity index (χ3v) is 5.29. The Balaban J connectivity index is 1.81. The van der Waals surface area contributed by atoms with Gasteiger partial charge in [-0.1, -0.05) is 30.0 Å². The van der Waals surface area contributed by atoms with Gasteiger partial charge in [0.25, 0.3) is 0 Å². The van der Waals surface area contributed by atoms with Crippen molar-refractivity contribution in [3.8, 4) is 11.4 Å². The predicted molar refractivity (Wildman–Crippen MR) is 104 cm³/mol. The zero-order valence-corrected chi connectivity index (χ0v) is 16.1. The molecule has 6 nitrogen and oxygen atoms in total. The molecule has 0 aliphatic rings. The number of carbonyl (C=O) groups excluding carboxylic acids is 1. The smallest absolute Gasteiger partial charge is 0.242 e. The van der Waals surface area contributed by atoms with Gasteiger partial charge in [-0.3, -0.25) is 9.78 Å². The van der Waals surface area contributed by atoms with E-state index < -0.39 is 4.75 Å². The standard InChI is InChI=1S/C19H21N5OS/c1-19(2,17(25)23(3)15-10-6-5-7-11-15)26-18-22-21-16(24(18)4)14-9-8-12-20-13-14/h5-13H,1-4H3. The summed E-state index contributed by atoms with van der Waals surface area (Å²) in [5, 5.41) is 9.21. The molecule has 2 aromatic heterocycles. The lowest BCUT2D eigenvalue weighted by atomic mass is 10.1. The molecule has 0 fully saturated rings. The maximum Gasteiger partial charge on any atom is 0.242 e. The zero-order chi connectivity index (χ0) is 18.7. The third kappa shape index (κ3) is 3.62. The minimum absolute atomic E-state index is 0.000345. The molecule has 134 valence electrons. The SMILES string of the molecule is CN(C(=O)C(C)(C)Sc1nnc(-c2cccnc2)n1C)c1ccccc1. The van der Waals surface area contributed by atoms with Crippen molar-refractivity contribution >= 4 is 23.4 Å². The molecule has 0 atom stereocenters. The number of anilines is 1. The van der Waals surface area contributed by atoms with Crippen LogP contribution < -0.4 is 4.90 Å². The lowest BCUT2D eigenvalue weighted by molar-refractivity contribution is -0.119. The molecule has 3 rings (SSSR count). The van der Waals surface area contributed by atoms with Crippen LogP contribution in [0.2, 0.25) is 0 Å². The fraction of sp³-hybridized carbons (Fsp3) is 0.263. The van der Waals surface area contributed by atoms with Crippen LogP contribution in [0.5, 0.6) is 0 Å². The molecule has 0 unspecified atom stereocenters. The minimum Gasteiger partial charge on any atom is -0.314 e. The van der Waals surface area contributed by atoms with Crippen LogP contribution in [0, 0.1) is 0 Å². The number of amides is 1. The lowest BCUT2D eigenvalue weighted by Crippen LogP contribution is -2.41. The van der Waals surface area contributed by atoms with Crippen molar-refractivity contribution in [1.82, 2.24) is 19.7 Å². The van der Waals surface area contributed by atoms with Crippen molar-refractivity contribution in [1.29, 1.82) is 0 Å². The molecule has 0 aliphatic heterocycles. The average molecular weight is 367 g/mol. The maximum absolute atomic E-state index is 13.0. The quantitative estimate of drug-likeness (QED) is 0.647. The molecule has 0 N–H and O–H groups in total. The van der Waals surface area contributed by atoms with E-state index in [1.807, 2.05) is 67.9 Å². The molecule has 3 aromatic rings. The Kier molecular flexibility index (Phi) is 5.08. The first-order valence-corrected chi connectivity index (χ1v) is 9.04. The number of benzene rings is 1. The normalized spacial score (nSPS) is 11.4. The molecule has 0 spiro atoms. The summed E-state index contributed by atoms with van der Waals surface area (Å²) < 4.78 is 1.19. The Morgan fingerprint density at radius 3 is 2.50 bits per heavy atom. The number of pyridine rings is 1. The molecular formula is C19H21N5OS. The molecule has 1 amide bonds. The lowest BCUT2D eigenvalue weighted by Gasteiger charge is -2.28. The molecule has 26 heavy (non-hydrogen) atoms. The Bertz CT molecular complexity index is 893. The highest BCUT2D eigenvalue weighted by molar-refractivity contribution is 8.01. The zero-order valence-electron chi connectivity index (χ0n) is 15.2. The number of thioether (sulfide) groups is 1. The van der Waals surface area contributed by atoms with E-state index >= 15 is 0 Å². The number of hydrogen-bond acceptors (Lipinski definition) is 5. The van der Waals surface area contributed by atoms with E-state index in [1.165, 1.54) is 11.8 Å². The number of para-hydroxylation sites is 1. The van der Waals surface area contributed by atoms with Crippen molar-refractivity contribution in [3.63, 3.8) is 0 Å². The van der Waals surface area contributed by atoms with Gasteiger partial charge >= 0.3 is 0 Å². The highest BCUT2D eigenvalue weighted by Crippen LogP contribution is 2.34. The van der Waals surface area contributed by atoms with Gasteiger partial charge in [-0.25, -0.2) is 0 Å². The predicted octanol–water partition coefficient (Wildman–Crippen LogP) is 3.41. The molecule has 0 aliphatic carbocycles. The van der Waals surface area contributed by atoms with Crippen LogP contribution in [0.3, 0.4) is 0 Å². The number of carbonyl (C=O) groups is 1. The molecule has 7 heteroatoms. The van der Waals surface area contributed by atoms with E-state index in [4.69, 9.17) is 0 Å². The van der Waals surface area contributed by atoms with Gasteiger partial charge < -0.3 is 9.47 Å². The third-order valence-electron chi connectivity index (χ3n) is 4.06. The summed E-state index contributed by atoms with van der Waals surface area (Å²) >= 11 is 1.40. The van der Waals surface area contributed by atoms with E-state index in [9.17, 15) is 4.79 Å². The Hall–Kier alpha value is -2.67. The van der Waals surface area contributed by atoms with Crippen LogP contribution in [0.4, 0.5) is 5.69 Å². The van der Waals surface area contributed by atoms with E-state index in [0.29, 0.717) is 5.16 Å². The molecule has 0 bridgehead atoms.